The highest BCUT2D eigenvalue weighted by atomic mass is 35.5. The lowest BCUT2D eigenvalue weighted by Gasteiger charge is -2.06. The first-order valence-corrected chi connectivity index (χ1v) is 5.57. The number of aromatic amines is 1. The lowest BCUT2D eigenvalue weighted by atomic mass is 10.0. The predicted octanol–water partition coefficient (Wildman–Crippen LogP) is 2.27. The van der Waals surface area contributed by atoms with Crippen molar-refractivity contribution < 1.29 is 9.90 Å². The SMILES string of the molecule is N#Cc1cc(C(=O)O)c(-c2ccc(Cl)cc2)[nH]c1=O. The van der Waals surface area contributed by atoms with Crippen molar-refractivity contribution in [3.05, 3.63) is 56.8 Å². The first-order valence-electron chi connectivity index (χ1n) is 5.19. The van der Waals surface area contributed by atoms with Crippen molar-refractivity contribution in [2.45, 2.75) is 0 Å². The number of hydrogen-bond acceptors (Lipinski definition) is 3. The third kappa shape index (κ3) is 2.49. The Morgan fingerprint density at radius 2 is 1.95 bits per heavy atom. The molecule has 0 bridgehead atoms. The van der Waals surface area contributed by atoms with E-state index in [9.17, 15) is 9.59 Å². The van der Waals surface area contributed by atoms with Gasteiger partial charge < -0.3 is 10.1 Å². The average molecular weight is 275 g/mol. The van der Waals surface area contributed by atoms with E-state index in [1.165, 1.54) is 0 Å². The number of nitriles is 1. The van der Waals surface area contributed by atoms with E-state index in [-0.39, 0.29) is 16.8 Å². The standard InChI is InChI=1S/C13H7ClN2O3/c14-9-3-1-7(2-4-9)11-10(13(18)19)5-8(6-15)12(17)16-11/h1-5H,(H,16,17)(H,18,19). The Morgan fingerprint density at radius 3 is 2.47 bits per heavy atom. The monoisotopic (exact) mass is 274 g/mol. The maximum Gasteiger partial charge on any atom is 0.337 e. The summed E-state index contributed by atoms with van der Waals surface area (Å²) in [5.41, 5.74) is -0.359. The number of aromatic carboxylic acids is 1. The van der Waals surface area contributed by atoms with Gasteiger partial charge in [0.2, 0.25) is 0 Å². The molecule has 0 unspecified atom stereocenters. The van der Waals surface area contributed by atoms with Crippen molar-refractivity contribution in [3.8, 4) is 17.3 Å². The molecule has 0 saturated heterocycles. The molecule has 2 aromatic rings. The molecule has 5 nitrogen and oxygen atoms in total. The van der Waals surface area contributed by atoms with E-state index in [1.54, 1.807) is 30.3 Å². The van der Waals surface area contributed by atoms with Gasteiger partial charge in [0.15, 0.2) is 0 Å². The van der Waals surface area contributed by atoms with E-state index < -0.39 is 11.5 Å². The Labute approximate surface area is 112 Å². The van der Waals surface area contributed by atoms with Gasteiger partial charge in [-0.05, 0) is 23.8 Å². The van der Waals surface area contributed by atoms with Gasteiger partial charge in [-0.2, -0.15) is 5.26 Å². The minimum atomic E-state index is -1.22. The highest BCUT2D eigenvalue weighted by Gasteiger charge is 2.15. The normalized spacial score (nSPS) is 9.89. The third-order valence-corrected chi connectivity index (χ3v) is 2.78. The highest BCUT2D eigenvalue weighted by molar-refractivity contribution is 6.30. The summed E-state index contributed by atoms with van der Waals surface area (Å²) in [5.74, 6) is -1.22. The number of carbonyl (C=O) groups is 1. The van der Waals surface area contributed by atoms with Crippen LogP contribution in [0.1, 0.15) is 15.9 Å². The molecular formula is C13H7ClN2O3. The minimum Gasteiger partial charge on any atom is -0.478 e. The molecule has 0 fully saturated rings. The van der Waals surface area contributed by atoms with E-state index in [0.717, 1.165) is 6.07 Å². The summed E-state index contributed by atoms with van der Waals surface area (Å²) in [6.45, 7) is 0. The van der Waals surface area contributed by atoms with Gasteiger partial charge in [-0.25, -0.2) is 4.79 Å². The van der Waals surface area contributed by atoms with E-state index in [1.807, 2.05) is 0 Å². The first kappa shape index (κ1) is 12.9. The van der Waals surface area contributed by atoms with Crippen LogP contribution >= 0.6 is 11.6 Å². The van der Waals surface area contributed by atoms with Crippen LogP contribution in [0.25, 0.3) is 11.3 Å². The Kier molecular flexibility index (Phi) is 3.36. The van der Waals surface area contributed by atoms with Crippen LogP contribution in [0.3, 0.4) is 0 Å². The lowest BCUT2D eigenvalue weighted by Crippen LogP contribution is -2.15. The Hall–Kier alpha value is -2.58. The van der Waals surface area contributed by atoms with E-state index in [0.29, 0.717) is 10.6 Å². The van der Waals surface area contributed by atoms with E-state index in [2.05, 4.69) is 4.98 Å². The zero-order valence-electron chi connectivity index (χ0n) is 9.48. The molecule has 0 spiro atoms. The Bertz CT molecular complexity index is 742. The van der Waals surface area contributed by atoms with Crippen molar-refractivity contribution in [1.82, 2.24) is 4.98 Å². The van der Waals surface area contributed by atoms with Gasteiger partial charge in [0.25, 0.3) is 5.56 Å². The van der Waals surface area contributed by atoms with Crippen LogP contribution in [-0.4, -0.2) is 16.1 Å². The maximum absolute atomic E-state index is 11.6. The molecule has 1 aromatic carbocycles. The molecule has 94 valence electrons. The zero-order valence-corrected chi connectivity index (χ0v) is 10.2. The molecule has 0 aliphatic heterocycles. The lowest BCUT2D eigenvalue weighted by molar-refractivity contribution is 0.0697. The number of carboxylic acids is 1. The summed E-state index contributed by atoms with van der Waals surface area (Å²) in [6.07, 6.45) is 0. The number of pyridine rings is 1. The van der Waals surface area contributed by atoms with E-state index >= 15 is 0 Å². The molecule has 0 aliphatic rings. The number of rotatable bonds is 2. The molecule has 2 N–H and O–H groups in total. The van der Waals surface area contributed by atoms with Crippen LogP contribution in [0.4, 0.5) is 0 Å². The fraction of sp³-hybridized carbons (Fsp3) is 0. The summed E-state index contributed by atoms with van der Waals surface area (Å²) in [5, 5.41) is 18.4. The second-order valence-electron chi connectivity index (χ2n) is 3.72. The molecule has 0 aliphatic carbocycles. The second-order valence-corrected chi connectivity index (χ2v) is 4.16. The first-order chi connectivity index (χ1) is 9.02. The molecule has 19 heavy (non-hydrogen) atoms. The zero-order chi connectivity index (χ0) is 14.0. The quantitative estimate of drug-likeness (QED) is 0.878. The van der Waals surface area contributed by atoms with Crippen LogP contribution in [0.5, 0.6) is 0 Å². The van der Waals surface area contributed by atoms with Crippen LogP contribution < -0.4 is 5.56 Å². The number of halogens is 1. The molecular weight excluding hydrogens is 268 g/mol. The molecule has 6 heteroatoms. The van der Waals surface area contributed by atoms with Gasteiger partial charge in [0, 0.05) is 5.02 Å². The average Bonchev–Trinajstić information content (AvgIpc) is 2.39. The number of aromatic nitrogens is 1. The van der Waals surface area contributed by atoms with Crippen LogP contribution in [0, 0.1) is 11.3 Å². The van der Waals surface area contributed by atoms with Gasteiger partial charge in [-0.3, -0.25) is 4.79 Å². The number of benzene rings is 1. The van der Waals surface area contributed by atoms with Gasteiger partial charge in [-0.15, -0.1) is 0 Å². The third-order valence-electron chi connectivity index (χ3n) is 2.52. The largest absolute Gasteiger partial charge is 0.478 e. The topological polar surface area (TPSA) is 93.9 Å². The van der Waals surface area contributed by atoms with Crippen molar-refractivity contribution in [3.63, 3.8) is 0 Å². The fourth-order valence-corrected chi connectivity index (χ4v) is 1.75. The number of H-pyrrole nitrogens is 1. The smallest absolute Gasteiger partial charge is 0.337 e. The molecule has 1 aromatic heterocycles. The maximum atomic E-state index is 11.6. The molecule has 0 radical (unpaired) electrons. The molecule has 0 saturated carbocycles. The molecule has 0 atom stereocenters. The minimum absolute atomic E-state index is 0.140. The van der Waals surface area contributed by atoms with Crippen molar-refractivity contribution in [2.24, 2.45) is 0 Å². The number of nitrogens with zero attached hydrogens (tertiary/aromatic N) is 1. The van der Waals surface area contributed by atoms with Crippen molar-refractivity contribution >= 4 is 17.6 Å². The van der Waals surface area contributed by atoms with Crippen LogP contribution in [-0.2, 0) is 0 Å². The number of carboxylic acid groups (broad SMARTS) is 1. The van der Waals surface area contributed by atoms with E-state index in [4.69, 9.17) is 22.0 Å². The summed E-state index contributed by atoms with van der Waals surface area (Å²) < 4.78 is 0. The van der Waals surface area contributed by atoms with Crippen molar-refractivity contribution in [1.29, 1.82) is 5.26 Å². The summed E-state index contributed by atoms with van der Waals surface area (Å²) in [6, 6.07) is 9.05. The number of nitrogens with one attached hydrogen (secondary N) is 1. The van der Waals surface area contributed by atoms with Gasteiger partial charge in [0.05, 0.1) is 11.3 Å². The predicted molar refractivity (Wildman–Crippen MR) is 69.2 cm³/mol. The number of hydrogen-bond donors (Lipinski definition) is 2. The van der Waals surface area contributed by atoms with Crippen LogP contribution in [0.15, 0.2) is 35.1 Å². The van der Waals surface area contributed by atoms with Gasteiger partial charge >= 0.3 is 5.97 Å². The highest BCUT2D eigenvalue weighted by Crippen LogP contribution is 2.22. The molecule has 1 heterocycles. The molecule has 0 amide bonds. The van der Waals surface area contributed by atoms with Gasteiger partial charge in [-0.1, -0.05) is 23.7 Å². The summed E-state index contributed by atoms with van der Waals surface area (Å²) >= 11 is 5.75. The van der Waals surface area contributed by atoms with Crippen LogP contribution in [0.2, 0.25) is 5.02 Å². The fourth-order valence-electron chi connectivity index (χ4n) is 1.63. The van der Waals surface area contributed by atoms with Crippen molar-refractivity contribution in [2.75, 3.05) is 0 Å². The molecule has 2 rings (SSSR count). The second kappa shape index (κ2) is 4.96. The summed E-state index contributed by atoms with van der Waals surface area (Å²) in [7, 11) is 0. The Morgan fingerprint density at radius 1 is 1.32 bits per heavy atom. The Balaban J connectivity index is 2.72. The summed E-state index contributed by atoms with van der Waals surface area (Å²) in [4.78, 5) is 25.2. The van der Waals surface area contributed by atoms with Gasteiger partial charge in [0.1, 0.15) is 11.6 Å².